The summed E-state index contributed by atoms with van der Waals surface area (Å²) in [6.07, 6.45) is 0.656. The number of nitrogens with one attached hydrogen (secondary N) is 2. The molecule has 0 saturated carbocycles. The quantitative estimate of drug-likeness (QED) is 0.622. The van der Waals surface area contributed by atoms with E-state index in [1.165, 1.54) is 0 Å². The van der Waals surface area contributed by atoms with Crippen molar-refractivity contribution in [2.75, 3.05) is 11.9 Å². The minimum Gasteiger partial charge on any atom is -0.508 e. The maximum atomic E-state index is 12.0. The number of carbonyl (C=O) groups is 1. The zero-order chi connectivity index (χ0) is 18.5. The number of aryl methyl sites for hydroxylation is 2. The van der Waals surface area contributed by atoms with E-state index in [1.807, 2.05) is 55.6 Å². The molecule has 0 aliphatic heterocycles. The zero-order valence-electron chi connectivity index (χ0n) is 14.7. The third-order valence-electron chi connectivity index (χ3n) is 3.98. The van der Waals surface area contributed by atoms with Gasteiger partial charge in [0, 0.05) is 28.9 Å². The van der Waals surface area contributed by atoms with Gasteiger partial charge in [0.25, 0.3) is 0 Å². The van der Waals surface area contributed by atoms with E-state index in [0.717, 1.165) is 33.1 Å². The number of phenolic OH excluding ortho intramolecular Hbond substituents is 1. The number of aromatic nitrogens is 1. The van der Waals surface area contributed by atoms with Gasteiger partial charge in [-0.2, -0.15) is 0 Å². The summed E-state index contributed by atoms with van der Waals surface area (Å²) in [4.78, 5) is 16.5. The van der Waals surface area contributed by atoms with E-state index in [4.69, 9.17) is 0 Å². The molecule has 2 amide bonds. The average Bonchev–Trinajstić information content (AvgIpc) is 3.05. The first-order valence-corrected chi connectivity index (χ1v) is 9.25. The van der Waals surface area contributed by atoms with E-state index in [1.54, 1.807) is 17.4 Å². The Morgan fingerprint density at radius 2 is 1.92 bits per heavy atom. The normalized spacial score (nSPS) is 10.5. The molecule has 0 atom stereocenters. The SMILES string of the molecule is Cc1csc(-c2ccc(NC(=O)NCCc3ccc(C)c(O)c3)cc2)n1. The Labute approximate surface area is 156 Å². The molecule has 0 fully saturated rings. The number of carbonyl (C=O) groups excluding carboxylic acids is 1. The van der Waals surface area contributed by atoms with Crippen LogP contribution >= 0.6 is 11.3 Å². The van der Waals surface area contributed by atoms with Crippen LogP contribution < -0.4 is 10.6 Å². The fourth-order valence-electron chi connectivity index (χ4n) is 2.49. The molecule has 3 rings (SSSR count). The van der Waals surface area contributed by atoms with Crippen molar-refractivity contribution in [1.82, 2.24) is 10.3 Å². The number of urea groups is 1. The van der Waals surface area contributed by atoms with Crippen LogP contribution in [0.3, 0.4) is 0 Å². The Bertz CT molecular complexity index is 904. The summed E-state index contributed by atoms with van der Waals surface area (Å²) in [7, 11) is 0. The maximum absolute atomic E-state index is 12.0. The number of amides is 2. The Kier molecular flexibility index (Phi) is 5.53. The molecule has 3 aromatic rings. The van der Waals surface area contributed by atoms with Gasteiger partial charge >= 0.3 is 6.03 Å². The molecular weight excluding hydrogens is 346 g/mol. The first-order valence-electron chi connectivity index (χ1n) is 8.37. The van der Waals surface area contributed by atoms with E-state index in [0.29, 0.717) is 13.0 Å². The van der Waals surface area contributed by atoms with Crippen LogP contribution in [0.2, 0.25) is 0 Å². The third kappa shape index (κ3) is 4.61. The summed E-state index contributed by atoms with van der Waals surface area (Å²) in [5, 5.41) is 18.3. The number of aromatic hydroxyl groups is 1. The molecule has 1 heterocycles. The number of anilines is 1. The number of nitrogens with zero attached hydrogens (tertiary/aromatic N) is 1. The number of hydrogen-bond donors (Lipinski definition) is 3. The van der Waals surface area contributed by atoms with Crippen LogP contribution in [0, 0.1) is 13.8 Å². The van der Waals surface area contributed by atoms with Crippen molar-refractivity contribution in [3.05, 3.63) is 64.7 Å². The maximum Gasteiger partial charge on any atom is 0.319 e. The zero-order valence-corrected chi connectivity index (χ0v) is 15.6. The van der Waals surface area contributed by atoms with Crippen LogP contribution in [-0.2, 0) is 6.42 Å². The summed E-state index contributed by atoms with van der Waals surface area (Å²) < 4.78 is 0. The van der Waals surface area contributed by atoms with Crippen LogP contribution in [0.15, 0.2) is 47.8 Å². The van der Waals surface area contributed by atoms with Gasteiger partial charge in [-0.05, 0) is 61.7 Å². The number of hydrogen-bond acceptors (Lipinski definition) is 4. The largest absolute Gasteiger partial charge is 0.508 e. The van der Waals surface area contributed by atoms with Crippen LogP contribution in [0.5, 0.6) is 5.75 Å². The highest BCUT2D eigenvalue weighted by atomic mass is 32.1. The van der Waals surface area contributed by atoms with Gasteiger partial charge in [0.2, 0.25) is 0 Å². The second-order valence-corrected chi connectivity index (χ2v) is 6.98. The lowest BCUT2D eigenvalue weighted by Gasteiger charge is -2.09. The van der Waals surface area contributed by atoms with E-state index < -0.39 is 0 Å². The molecule has 1 aromatic heterocycles. The van der Waals surface area contributed by atoms with Gasteiger partial charge in [-0.1, -0.05) is 12.1 Å². The van der Waals surface area contributed by atoms with Crippen LogP contribution in [0.1, 0.15) is 16.8 Å². The molecule has 0 aliphatic carbocycles. The minimum atomic E-state index is -0.251. The molecule has 0 bridgehead atoms. The smallest absolute Gasteiger partial charge is 0.319 e. The fourth-order valence-corrected chi connectivity index (χ4v) is 3.29. The topological polar surface area (TPSA) is 74.2 Å². The van der Waals surface area contributed by atoms with E-state index in [2.05, 4.69) is 15.6 Å². The monoisotopic (exact) mass is 367 g/mol. The van der Waals surface area contributed by atoms with Crippen molar-refractivity contribution in [1.29, 1.82) is 0 Å². The molecule has 0 saturated heterocycles. The highest BCUT2D eigenvalue weighted by Crippen LogP contribution is 2.24. The van der Waals surface area contributed by atoms with Gasteiger partial charge in [0.05, 0.1) is 0 Å². The van der Waals surface area contributed by atoms with Crippen LogP contribution in [0.25, 0.3) is 10.6 Å². The summed E-state index contributed by atoms with van der Waals surface area (Å²) in [5.74, 6) is 0.280. The number of thiazole rings is 1. The Morgan fingerprint density at radius 1 is 1.15 bits per heavy atom. The van der Waals surface area contributed by atoms with Gasteiger partial charge < -0.3 is 15.7 Å². The minimum absolute atomic E-state index is 0.251. The number of rotatable bonds is 5. The van der Waals surface area contributed by atoms with Gasteiger partial charge in [-0.25, -0.2) is 9.78 Å². The molecule has 6 heteroatoms. The molecule has 26 heavy (non-hydrogen) atoms. The molecule has 2 aromatic carbocycles. The first-order chi connectivity index (χ1) is 12.5. The van der Waals surface area contributed by atoms with Gasteiger partial charge in [-0.15, -0.1) is 11.3 Å². The van der Waals surface area contributed by atoms with Crippen molar-refractivity contribution in [3.63, 3.8) is 0 Å². The lowest BCUT2D eigenvalue weighted by atomic mass is 10.1. The molecule has 5 nitrogen and oxygen atoms in total. The van der Waals surface area contributed by atoms with Gasteiger partial charge in [0.15, 0.2) is 0 Å². The molecular formula is C20H21N3O2S. The van der Waals surface area contributed by atoms with Crippen molar-refractivity contribution in [2.24, 2.45) is 0 Å². The third-order valence-corrected chi connectivity index (χ3v) is 4.99. The molecule has 3 N–H and O–H groups in total. The Hall–Kier alpha value is -2.86. The second-order valence-electron chi connectivity index (χ2n) is 6.12. The Balaban J connectivity index is 1.49. The van der Waals surface area contributed by atoms with Crippen LogP contribution in [-0.4, -0.2) is 22.7 Å². The van der Waals surface area contributed by atoms with Crippen LogP contribution in [0.4, 0.5) is 10.5 Å². The predicted molar refractivity (Wildman–Crippen MR) is 106 cm³/mol. The predicted octanol–water partition coefficient (Wildman–Crippen LogP) is 4.50. The van der Waals surface area contributed by atoms with Gasteiger partial charge in [-0.3, -0.25) is 0 Å². The van der Waals surface area contributed by atoms with Crippen molar-refractivity contribution < 1.29 is 9.90 Å². The summed E-state index contributed by atoms with van der Waals surface area (Å²) in [6, 6.07) is 12.9. The van der Waals surface area contributed by atoms with Gasteiger partial charge in [0.1, 0.15) is 10.8 Å². The summed E-state index contributed by atoms with van der Waals surface area (Å²) >= 11 is 1.60. The number of benzene rings is 2. The van der Waals surface area contributed by atoms with E-state index in [9.17, 15) is 9.90 Å². The molecule has 0 aliphatic rings. The Morgan fingerprint density at radius 3 is 2.58 bits per heavy atom. The molecule has 0 radical (unpaired) electrons. The first kappa shape index (κ1) is 17.9. The second kappa shape index (κ2) is 8.01. The molecule has 134 valence electrons. The summed E-state index contributed by atoms with van der Waals surface area (Å²) in [5.41, 5.74) is 4.60. The van der Waals surface area contributed by atoms with Crippen molar-refractivity contribution in [2.45, 2.75) is 20.3 Å². The lowest BCUT2D eigenvalue weighted by molar-refractivity contribution is 0.252. The standard InChI is InChI=1S/C20H21N3O2S/c1-13-3-4-15(11-18(13)24)9-10-21-20(25)23-17-7-5-16(6-8-17)19-22-14(2)12-26-19/h3-8,11-12,24H,9-10H2,1-2H3,(H2,21,23,25). The highest BCUT2D eigenvalue weighted by molar-refractivity contribution is 7.13. The number of phenols is 1. The lowest BCUT2D eigenvalue weighted by Crippen LogP contribution is -2.30. The average molecular weight is 367 g/mol. The summed E-state index contributed by atoms with van der Waals surface area (Å²) in [6.45, 7) is 4.31. The molecule has 0 spiro atoms. The van der Waals surface area contributed by atoms with E-state index in [-0.39, 0.29) is 11.8 Å². The molecule has 0 unspecified atom stereocenters. The van der Waals surface area contributed by atoms with E-state index >= 15 is 0 Å². The highest BCUT2D eigenvalue weighted by Gasteiger charge is 2.05. The fraction of sp³-hybridized carbons (Fsp3) is 0.200. The van der Waals surface area contributed by atoms with Crippen molar-refractivity contribution in [3.8, 4) is 16.3 Å². The van der Waals surface area contributed by atoms with Crippen molar-refractivity contribution >= 4 is 23.1 Å².